The van der Waals surface area contributed by atoms with Gasteiger partial charge in [0, 0.05) is 26.8 Å². The van der Waals surface area contributed by atoms with E-state index in [9.17, 15) is 9.59 Å². The van der Waals surface area contributed by atoms with Crippen LogP contribution in [0.4, 0.5) is 5.82 Å². The molecule has 0 aliphatic carbocycles. The van der Waals surface area contributed by atoms with Gasteiger partial charge >= 0.3 is 5.97 Å². The van der Waals surface area contributed by atoms with Crippen molar-refractivity contribution in [2.75, 3.05) is 39.3 Å². The van der Waals surface area contributed by atoms with E-state index in [1.165, 1.54) is 6.20 Å². The van der Waals surface area contributed by atoms with Crippen LogP contribution in [0.3, 0.4) is 0 Å². The molecule has 0 unspecified atom stereocenters. The van der Waals surface area contributed by atoms with Crippen LogP contribution in [0.15, 0.2) is 42.6 Å². The molecule has 26 heavy (non-hydrogen) atoms. The maximum Gasteiger partial charge on any atom is 0.340 e. The molecular formula is C19H23N3O4. The van der Waals surface area contributed by atoms with E-state index in [1.54, 1.807) is 19.2 Å². The summed E-state index contributed by atoms with van der Waals surface area (Å²) < 4.78 is 10.1. The number of nitrogens with zero attached hydrogens (tertiary/aromatic N) is 2. The molecule has 0 bridgehead atoms. The number of pyridine rings is 1. The second-order valence-corrected chi connectivity index (χ2v) is 5.82. The number of carbonyl (C=O) groups excluding carboxylic acids is 2. The minimum absolute atomic E-state index is 0.307. The van der Waals surface area contributed by atoms with Crippen molar-refractivity contribution >= 4 is 17.7 Å². The van der Waals surface area contributed by atoms with Gasteiger partial charge in [-0.1, -0.05) is 12.1 Å². The van der Waals surface area contributed by atoms with E-state index < -0.39 is 5.97 Å². The first-order valence-corrected chi connectivity index (χ1v) is 8.19. The standard InChI is InChI=1S/C19H23N3O4/c1-22(2)17-9-6-15(12-21-17)19(24)26-13-18(23)20-11-10-14-4-7-16(25-3)8-5-14/h4-9,12H,10-11,13H2,1-3H3,(H,20,23). The molecule has 0 radical (unpaired) electrons. The Hall–Kier alpha value is -3.09. The highest BCUT2D eigenvalue weighted by Crippen LogP contribution is 2.11. The number of methoxy groups -OCH3 is 1. The van der Waals surface area contributed by atoms with Gasteiger partial charge in [-0.25, -0.2) is 9.78 Å². The number of esters is 1. The third kappa shape index (κ3) is 5.77. The largest absolute Gasteiger partial charge is 0.497 e. The molecule has 1 heterocycles. The zero-order valence-electron chi connectivity index (χ0n) is 15.2. The van der Waals surface area contributed by atoms with Gasteiger partial charge in [0.05, 0.1) is 12.7 Å². The average Bonchev–Trinajstić information content (AvgIpc) is 2.66. The molecule has 2 rings (SSSR count). The number of hydrogen-bond acceptors (Lipinski definition) is 6. The normalized spacial score (nSPS) is 10.1. The fourth-order valence-electron chi connectivity index (χ4n) is 2.18. The Bertz CT molecular complexity index is 727. The minimum atomic E-state index is -0.576. The van der Waals surface area contributed by atoms with Crippen molar-refractivity contribution in [3.8, 4) is 5.75 Å². The fraction of sp³-hybridized carbons (Fsp3) is 0.316. The van der Waals surface area contributed by atoms with Gasteiger partial charge in [-0.05, 0) is 36.2 Å². The van der Waals surface area contributed by atoms with Gasteiger partial charge in [-0.15, -0.1) is 0 Å². The van der Waals surface area contributed by atoms with Crippen LogP contribution in [0.5, 0.6) is 5.75 Å². The van der Waals surface area contributed by atoms with Crippen molar-refractivity contribution in [2.45, 2.75) is 6.42 Å². The molecule has 7 heteroatoms. The van der Waals surface area contributed by atoms with Gasteiger partial charge in [0.25, 0.3) is 5.91 Å². The second kappa shape index (κ2) is 9.41. The van der Waals surface area contributed by atoms with E-state index in [2.05, 4.69) is 10.3 Å². The number of amides is 1. The van der Waals surface area contributed by atoms with Gasteiger partial charge in [-0.2, -0.15) is 0 Å². The second-order valence-electron chi connectivity index (χ2n) is 5.82. The van der Waals surface area contributed by atoms with E-state index in [-0.39, 0.29) is 12.5 Å². The number of carbonyl (C=O) groups is 2. The highest BCUT2D eigenvalue weighted by Gasteiger charge is 2.11. The predicted octanol–water partition coefficient (Wildman–Crippen LogP) is 1.67. The molecule has 0 spiro atoms. The first-order chi connectivity index (χ1) is 12.5. The highest BCUT2D eigenvalue weighted by molar-refractivity contribution is 5.91. The topological polar surface area (TPSA) is 80.8 Å². The number of ether oxygens (including phenoxy) is 2. The lowest BCUT2D eigenvalue weighted by Crippen LogP contribution is -2.30. The number of benzene rings is 1. The summed E-state index contributed by atoms with van der Waals surface area (Å²) in [4.78, 5) is 29.7. The number of anilines is 1. The summed E-state index contributed by atoms with van der Waals surface area (Å²) in [6.45, 7) is 0.138. The number of aromatic nitrogens is 1. The van der Waals surface area contributed by atoms with E-state index >= 15 is 0 Å². The van der Waals surface area contributed by atoms with Crippen molar-refractivity contribution in [3.63, 3.8) is 0 Å². The summed E-state index contributed by atoms with van der Waals surface area (Å²) in [6.07, 6.45) is 2.11. The van der Waals surface area contributed by atoms with Crippen molar-refractivity contribution < 1.29 is 19.1 Å². The van der Waals surface area contributed by atoms with Crippen LogP contribution in [0.2, 0.25) is 0 Å². The summed E-state index contributed by atoms with van der Waals surface area (Å²) >= 11 is 0. The Morgan fingerprint density at radius 1 is 1.12 bits per heavy atom. The highest BCUT2D eigenvalue weighted by atomic mass is 16.5. The monoisotopic (exact) mass is 357 g/mol. The van der Waals surface area contributed by atoms with E-state index in [4.69, 9.17) is 9.47 Å². The van der Waals surface area contributed by atoms with Gasteiger partial charge in [0.2, 0.25) is 0 Å². The van der Waals surface area contributed by atoms with Crippen LogP contribution < -0.4 is 15.0 Å². The molecule has 1 aromatic heterocycles. The first kappa shape index (κ1) is 19.2. The Labute approximate surface area is 152 Å². The van der Waals surface area contributed by atoms with Gasteiger partial charge in [0.15, 0.2) is 6.61 Å². The molecule has 0 fully saturated rings. The maximum atomic E-state index is 11.9. The molecule has 7 nitrogen and oxygen atoms in total. The molecule has 0 saturated heterocycles. The van der Waals surface area contributed by atoms with Crippen molar-refractivity contribution in [1.29, 1.82) is 0 Å². The lowest BCUT2D eigenvalue weighted by molar-refractivity contribution is -0.124. The van der Waals surface area contributed by atoms with Crippen LogP contribution in [0.1, 0.15) is 15.9 Å². The summed E-state index contributed by atoms with van der Waals surface area (Å²) in [5.74, 6) is 0.605. The predicted molar refractivity (Wildman–Crippen MR) is 98.6 cm³/mol. The molecule has 138 valence electrons. The molecule has 0 aliphatic rings. The minimum Gasteiger partial charge on any atom is -0.497 e. The van der Waals surface area contributed by atoms with Gasteiger partial charge in [0.1, 0.15) is 11.6 Å². The lowest BCUT2D eigenvalue weighted by Gasteiger charge is -2.11. The molecule has 0 atom stereocenters. The molecule has 2 aromatic rings. The van der Waals surface area contributed by atoms with Crippen LogP contribution in [0.25, 0.3) is 0 Å². The van der Waals surface area contributed by atoms with Crippen molar-refractivity contribution in [2.24, 2.45) is 0 Å². The van der Waals surface area contributed by atoms with Crippen LogP contribution in [0, 0.1) is 0 Å². The SMILES string of the molecule is COc1ccc(CCNC(=O)COC(=O)c2ccc(N(C)C)nc2)cc1. The average molecular weight is 357 g/mol. The van der Waals surface area contributed by atoms with Crippen LogP contribution in [-0.4, -0.2) is 51.2 Å². The quantitative estimate of drug-likeness (QED) is 0.724. The molecule has 1 aromatic carbocycles. The molecule has 1 N–H and O–H groups in total. The number of hydrogen-bond donors (Lipinski definition) is 1. The number of nitrogens with one attached hydrogen (secondary N) is 1. The van der Waals surface area contributed by atoms with E-state index in [1.807, 2.05) is 43.3 Å². The summed E-state index contributed by atoms with van der Waals surface area (Å²) in [6, 6.07) is 11.0. The lowest BCUT2D eigenvalue weighted by atomic mass is 10.1. The zero-order valence-corrected chi connectivity index (χ0v) is 15.2. The third-order valence-corrected chi connectivity index (χ3v) is 3.67. The van der Waals surface area contributed by atoms with E-state index in [0.29, 0.717) is 18.5 Å². The fourth-order valence-corrected chi connectivity index (χ4v) is 2.18. The molecule has 0 aliphatic heterocycles. The third-order valence-electron chi connectivity index (χ3n) is 3.67. The van der Waals surface area contributed by atoms with Crippen LogP contribution in [-0.2, 0) is 16.0 Å². The summed E-state index contributed by atoms with van der Waals surface area (Å²) in [5, 5.41) is 2.72. The van der Waals surface area contributed by atoms with Gasteiger partial charge in [-0.3, -0.25) is 4.79 Å². The van der Waals surface area contributed by atoms with Gasteiger partial charge < -0.3 is 19.7 Å². The Kier molecular flexibility index (Phi) is 6.96. The maximum absolute atomic E-state index is 11.9. The van der Waals surface area contributed by atoms with E-state index in [0.717, 1.165) is 17.1 Å². The summed E-state index contributed by atoms with van der Waals surface area (Å²) in [5.41, 5.74) is 1.39. The molecular weight excluding hydrogens is 334 g/mol. The smallest absolute Gasteiger partial charge is 0.340 e. The Balaban J connectivity index is 1.71. The summed E-state index contributed by atoms with van der Waals surface area (Å²) in [7, 11) is 5.33. The number of rotatable bonds is 8. The zero-order chi connectivity index (χ0) is 18.9. The molecule has 0 saturated carbocycles. The van der Waals surface area contributed by atoms with Crippen LogP contribution >= 0.6 is 0 Å². The Morgan fingerprint density at radius 2 is 1.85 bits per heavy atom. The van der Waals surface area contributed by atoms with Crippen molar-refractivity contribution in [1.82, 2.24) is 10.3 Å². The Morgan fingerprint density at radius 3 is 2.42 bits per heavy atom. The molecule has 1 amide bonds. The van der Waals surface area contributed by atoms with Crippen molar-refractivity contribution in [3.05, 3.63) is 53.7 Å². The first-order valence-electron chi connectivity index (χ1n) is 8.19.